The van der Waals surface area contributed by atoms with E-state index in [2.05, 4.69) is 17.1 Å². The fourth-order valence-electron chi connectivity index (χ4n) is 1.36. The third-order valence-corrected chi connectivity index (χ3v) is 2.33. The van der Waals surface area contributed by atoms with E-state index in [0.717, 1.165) is 25.8 Å². The summed E-state index contributed by atoms with van der Waals surface area (Å²) in [5, 5.41) is 6.33. The lowest BCUT2D eigenvalue weighted by Crippen LogP contribution is -2.28. The van der Waals surface area contributed by atoms with Crippen LogP contribution in [-0.2, 0) is 0 Å². The molecule has 1 aromatic heterocycles. The number of nitrogens with two attached hydrogens (primary N) is 1. The number of carbonyl (C=O) groups is 1. The number of nitrogens with one attached hydrogen (secondary N) is 1. The van der Waals surface area contributed by atoms with Gasteiger partial charge in [0.1, 0.15) is 5.69 Å². The van der Waals surface area contributed by atoms with Crippen LogP contribution in [-0.4, -0.2) is 34.6 Å². The first-order chi connectivity index (χ1) is 7.16. The lowest BCUT2D eigenvalue weighted by molar-refractivity contribution is 0.0788. The Labute approximate surface area is 89.6 Å². The molecule has 1 rings (SSSR count). The van der Waals surface area contributed by atoms with Gasteiger partial charge in [0, 0.05) is 13.6 Å². The van der Waals surface area contributed by atoms with E-state index in [0.29, 0.717) is 11.4 Å². The average Bonchev–Trinajstić information content (AvgIpc) is 2.63. The molecule has 0 fully saturated rings. The quantitative estimate of drug-likeness (QED) is 0.718. The molecule has 1 aromatic rings. The molecule has 5 nitrogen and oxygen atoms in total. The smallest absolute Gasteiger partial charge is 0.273 e. The summed E-state index contributed by atoms with van der Waals surface area (Å²) < 4.78 is 0. The van der Waals surface area contributed by atoms with Crippen molar-refractivity contribution in [3.05, 3.63) is 11.9 Å². The van der Waals surface area contributed by atoms with Crippen LogP contribution in [0.4, 0.5) is 5.69 Å². The second-order valence-electron chi connectivity index (χ2n) is 3.63. The summed E-state index contributed by atoms with van der Waals surface area (Å²) in [6.07, 6.45) is 4.75. The van der Waals surface area contributed by atoms with Gasteiger partial charge in [-0.05, 0) is 6.42 Å². The van der Waals surface area contributed by atoms with Crippen LogP contribution >= 0.6 is 0 Å². The van der Waals surface area contributed by atoms with Gasteiger partial charge < -0.3 is 10.6 Å². The van der Waals surface area contributed by atoms with Crippen LogP contribution in [0.15, 0.2) is 6.20 Å². The third-order valence-electron chi connectivity index (χ3n) is 2.33. The number of hydrogen-bond donors (Lipinski definition) is 2. The van der Waals surface area contributed by atoms with Gasteiger partial charge in [-0.15, -0.1) is 0 Å². The minimum atomic E-state index is -0.0962. The van der Waals surface area contributed by atoms with Gasteiger partial charge in [0.2, 0.25) is 0 Å². The van der Waals surface area contributed by atoms with Crippen LogP contribution in [0, 0.1) is 0 Å². The van der Waals surface area contributed by atoms with Crippen LogP contribution in [0.3, 0.4) is 0 Å². The zero-order chi connectivity index (χ0) is 11.3. The second-order valence-corrected chi connectivity index (χ2v) is 3.63. The maximum Gasteiger partial charge on any atom is 0.273 e. The molecule has 0 saturated heterocycles. The van der Waals surface area contributed by atoms with Crippen LogP contribution in [0.5, 0.6) is 0 Å². The van der Waals surface area contributed by atoms with Crippen molar-refractivity contribution in [1.29, 1.82) is 0 Å². The topological polar surface area (TPSA) is 75.0 Å². The molecule has 5 heteroatoms. The number of anilines is 1. The Morgan fingerprint density at radius 3 is 2.87 bits per heavy atom. The Morgan fingerprint density at radius 2 is 2.33 bits per heavy atom. The van der Waals surface area contributed by atoms with Crippen molar-refractivity contribution in [2.45, 2.75) is 26.2 Å². The number of amides is 1. The summed E-state index contributed by atoms with van der Waals surface area (Å²) in [7, 11) is 1.78. The molecule has 0 aliphatic carbocycles. The first kappa shape index (κ1) is 11.6. The second kappa shape index (κ2) is 5.38. The number of rotatable bonds is 5. The standard InChI is InChI=1S/C10H18N4O/c1-3-4-5-6-14(2)10(15)9-8(11)7-12-13-9/h7H,3-6,11H2,1-2H3,(H,12,13). The fourth-order valence-corrected chi connectivity index (χ4v) is 1.36. The first-order valence-corrected chi connectivity index (χ1v) is 5.21. The zero-order valence-electron chi connectivity index (χ0n) is 9.29. The molecule has 0 aliphatic heterocycles. The summed E-state index contributed by atoms with van der Waals surface area (Å²) >= 11 is 0. The largest absolute Gasteiger partial charge is 0.396 e. The monoisotopic (exact) mass is 210 g/mol. The highest BCUT2D eigenvalue weighted by Gasteiger charge is 2.15. The van der Waals surface area contributed by atoms with Crippen molar-refractivity contribution < 1.29 is 4.79 Å². The van der Waals surface area contributed by atoms with Crippen LogP contribution in [0.2, 0.25) is 0 Å². The molecule has 1 heterocycles. The average molecular weight is 210 g/mol. The van der Waals surface area contributed by atoms with E-state index in [-0.39, 0.29) is 5.91 Å². The van der Waals surface area contributed by atoms with Gasteiger partial charge >= 0.3 is 0 Å². The van der Waals surface area contributed by atoms with E-state index in [9.17, 15) is 4.79 Å². The van der Waals surface area contributed by atoms with Gasteiger partial charge in [0.05, 0.1) is 11.9 Å². The van der Waals surface area contributed by atoms with Crippen LogP contribution < -0.4 is 5.73 Å². The summed E-state index contributed by atoms with van der Waals surface area (Å²) in [5.74, 6) is -0.0962. The van der Waals surface area contributed by atoms with E-state index in [1.54, 1.807) is 11.9 Å². The lowest BCUT2D eigenvalue weighted by Gasteiger charge is -2.15. The predicted molar refractivity (Wildman–Crippen MR) is 59.5 cm³/mol. The van der Waals surface area contributed by atoms with Crippen molar-refractivity contribution in [3.63, 3.8) is 0 Å². The van der Waals surface area contributed by atoms with E-state index < -0.39 is 0 Å². The highest BCUT2D eigenvalue weighted by atomic mass is 16.2. The molecule has 0 atom stereocenters. The molecule has 0 aliphatic rings. The minimum Gasteiger partial charge on any atom is -0.396 e. The molecular weight excluding hydrogens is 192 g/mol. The number of aromatic nitrogens is 2. The van der Waals surface area contributed by atoms with Gasteiger partial charge in [0.15, 0.2) is 0 Å². The molecule has 0 spiro atoms. The van der Waals surface area contributed by atoms with Crippen molar-refractivity contribution in [3.8, 4) is 0 Å². The van der Waals surface area contributed by atoms with Gasteiger partial charge in [-0.3, -0.25) is 9.89 Å². The Hall–Kier alpha value is -1.52. The summed E-state index contributed by atoms with van der Waals surface area (Å²) in [6, 6.07) is 0. The Morgan fingerprint density at radius 1 is 1.60 bits per heavy atom. The zero-order valence-corrected chi connectivity index (χ0v) is 9.29. The van der Waals surface area contributed by atoms with Crippen molar-refractivity contribution in [1.82, 2.24) is 15.1 Å². The maximum absolute atomic E-state index is 11.8. The van der Waals surface area contributed by atoms with E-state index >= 15 is 0 Å². The van der Waals surface area contributed by atoms with Gasteiger partial charge in [-0.1, -0.05) is 19.8 Å². The first-order valence-electron chi connectivity index (χ1n) is 5.21. The van der Waals surface area contributed by atoms with Crippen LogP contribution in [0.1, 0.15) is 36.7 Å². The summed E-state index contributed by atoms with van der Waals surface area (Å²) in [6.45, 7) is 2.89. The minimum absolute atomic E-state index is 0.0962. The SMILES string of the molecule is CCCCCN(C)C(=O)c1[nH]ncc1N. The Balaban J connectivity index is 2.50. The Kier molecular flexibility index (Phi) is 4.15. The van der Waals surface area contributed by atoms with E-state index in [4.69, 9.17) is 5.73 Å². The van der Waals surface area contributed by atoms with Crippen molar-refractivity contribution >= 4 is 11.6 Å². The number of hydrogen-bond acceptors (Lipinski definition) is 3. The van der Waals surface area contributed by atoms with E-state index in [1.807, 2.05) is 0 Å². The number of nitrogen functional groups attached to an aromatic ring is 1. The third kappa shape index (κ3) is 2.97. The van der Waals surface area contributed by atoms with Gasteiger partial charge in [-0.25, -0.2) is 0 Å². The molecule has 15 heavy (non-hydrogen) atoms. The van der Waals surface area contributed by atoms with E-state index in [1.165, 1.54) is 6.20 Å². The number of aromatic amines is 1. The predicted octanol–water partition coefficient (Wildman–Crippen LogP) is 1.25. The molecule has 0 saturated carbocycles. The Bertz CT molecular complexity index is 321. The highest BCUT2D eigenvalue weighted by molar-refractivity contribution is 5.96. The molecule has 0 radical (unpaired) electrons. The number of unbranched alkanes of at least 4 members (excludes halogenated alkanes) is 2. The summed E-state index contributed by atoms with van der Waals surface area (Å²) in [5.41, 5.74) is 6.38. The number of carbonyl (C=O) groups excluding carboxylic acids is 1. The molecule has 0 aromatic carbocycles. The molecular formula is C10H18N4O. The number of nitrogens with zero attached hydrogens (tertiary/aromatic N) is 2. The molecule has 0 unspecified atom stereocenters. The molecule has 3 N–H and O–H groups in total. The highest BCUT2D eigenvalue weighted by Crippen LogP contribution is 2.09. The normalized spacial score (nSPS) is 10.3. The molecule has 0 bridgehead atoms. The summed E-state index contributed by atoms with van der Waals surface area (Å²) in [4.78, 5) is 13.5. The van der Waals surface area contributed by atoms with Crippen molar-refractivity contribution in [2.75, 3.05) is 19.3 Å². The van der Waals surface area contributed by atoms with Crippen molar-refractivity contribution in [2.24, 2.45) is 0 Å². The lowest BCUT2D eigenvalue weighted by atomic mass is 10.2. The molecule has 1 amide bonds. The fraction of sp³-hybridized carbons (Fsp3) is 0.600. The van der Waals surface area contributed by atoms with Gasteiger partial charge in [-0.2, -0.15) is 5.10 Å². The molecule has 84 valence electrons. The van der Waals surface area contributed by atoms with Gasteiger partial charge in [0.25, 0.3) is 5.91 Å². The van der Waals surface area contributed by atoms with Crippen LogP contribution in [0.25, 0.3) is 0 Å². The number of H-pyrrole nitrogens is 1. The maximum atomic E-state index is 11.8.